The van der Waals surface area contributed by atoms with Crippen molar-refractivity contribution in [3.05, 3.63) is 119 Å². The van der Waals surface area contributed by atoms with Gasteiger partial charge in [-0.3, -0.25) is 0 Å². The Kier molecular flexibility index (Phi) is 4.71. The third-order valence-electron chi connectivity index (χ3n) is 5.75. The topological polar surface area (TPSA) is 83.8 Å². The maximum Gasteiger partial charge on any atom is 0.340 e. The van der Waals surface area contributed by atoms with Gasteiger partial charge in [-0.1, -0.05) is 66.7 Å². The monoisotopic (exact) mass is 422 g/mol. The van der Waals surface area contributed by atoms with Crippen LogP contribution in [-0.4, -0.2) is 22.2 Å². The highest BCUT2D eigenvalue weighted by Crippen LogP contribution is 2.47. The summed E-state index contributed by atoms with van der Waals surface area (Å²) in [5, 5.41) is 18.8. The highest BCUT2D eigenvalue weighted by molar-refractivity contribution is 6.03. The van der Waals surface area contributed by atoms with Crippen LogP contribution in [0.4, 0.5) is 0 Å². The maximum atomic E-state index is 11.7. The van der Waals surface area contributed by atoms with Crippen molar-refractivity contribution < 1.29 is 24.5 Å². The minimum absolute atomic E-state index is 0.0123. The number of carboxylic acids is 2. The van der Waals surface area contributed by atoms with E-state index in [1.165, 1.54) is 40.5 Å². The molecule has 4 aromatic rings. The number of carbonyl (C=O) groups is 2. The van der Waals surface area contributed by atoms with Crippen LogP contribution in [0.2, 0.25) is 0 Å². The molecule has 0 saturated carbocycles. The van der Waals surface area contributed by atoms with Gasteiger partial charge in [-0.2, -0.15) is 0 Å². The molecule has 0 unspecified atom stereocenters. The summed E-state index contributed by atoms with van der Waals surface area (Å²) < 4.78 is 5.77. The van der Waals surface area contributed by atoms with Crippen LogP contribution in [-0.2, 0) is 0 Å². The molecule has 5 heteroatoms. The lowest BCUT2D eigenvalue weighted by Gasteiger charge is -2.16. The second-order valence-electron chi connectivity index (χ2n) is 7.57. The van der Waals surface area contributed by atoms with Gasteiger partial charge >= 0.3 is 11.9 Å². The summed E-state index contributed by atoms with van der Waals surface area (Å²) in [7, 11) is 0. The van der Waals surface area contributed by atoms with Crippen LogP contribution < -0.4 is 4.74 Å². The van der Waals surface area contributed by atoms with E-state index in [1.807, 2.05) is 36.4 Å². The molecule has 32 heavy (non-hydrogen) atoms. The second kappa shape index (κ2) is 7.71. The molecule has 0 aromatic heterocycles. The summed E-state index contributed by atoms with van der Waals surface area (Å²) in [5.74, 6) is -2.16. The molecule has 4 aromatic carbocycles. The summed E-state index contributed by atoms with van der Waals surface area (Å²) >= 11 is 0. The molecule has 1 aliphatic carbocycles. The van der Waals surface area contributed by atoms with E-state index in [4.69, 9.17) is 4.74 Å². The van der Waals surface area contributed by atoms with E-state index in [1.54, 1.807) is 12.1 Å². The number of rotatable bonds is 5. The number of aromatic carboxylic acids is 2. The normalized spacial score (nSPS) is 12.1. The minimum atomic E-state index is -1.35. The molecule has 0 bridgehead atoms. The molecule has 0 heterocycles. The smallest absolute Gasteiger partial charge is 0.340 e. The number of fused-ring (bicyclic) bond motifs is 3. The third kappa shape index (κ3) is 3.20. The second-order valence-corrected chi connectivity index (χ2v) is 7.57. The predicted octanol–water partition coefficient (Wildman–Crippen LogP) is 6.04. The van der Waals surface area contributed by atoms with E-state index in [0.29, 0.717) is 5.75 Å². The number of hydrogen-bond acceptors (Lipinski definition) is 3. The number of hydrogen-bond donors (Lipinski definition) is 2. The molecule has 0 fully saturated rings. The van der Waals surface area contributed by atoms with Crippen molar-refractivity contribution in [1.29, 1.82) is 0 Å². The van der Waals surface area contributed by atoms with Crippen molar-refractivity contribution in [2.24, 2.45) is 0 Å². The largest absolute Gasteiger partial charge is 0.478 e. The van der Waals surface area contributed by atoms with Crippen molar-refractivity contribution in [2.45, 2.75) is 5.92 Å². The van der Waals surface area contributed by atoms with E-state index in [2.05, 4.69) is 24.3 Å². The Balaban J connectivity index is 1.50. The zero-order valence-corrected chi connectivity index (χ0v) is 16.9. The SMILES string of the molecule is O=C(O)c1cccc(Oc2ccc(C3c4ccccc4-c4ccccc43)cc2)c1C(=O)O. The number of carboxylic acid groups (broad SMARTS) is 2. The fourth-order valence-electron chi connectivity index (χ4n) is 4.38. The third-order valence-corrected chi connectivity index (χ3v) is 5.75. The van der Waals surface area contributed by atoms with Gasteiger partial charge in [-0.15, -0.1) is 0 Å². The molecule has 0 amide bonds. The van der Waals surface area contributed by atoms with Gasteiger partial charge in [0.25, 0.3) is 0 Å². The summed E-state index contributed by atoms with van der Waals surface area (Å²) in [4.78, 5) is 23.1. The molecule has 0 spiro atoms. The Morgan fingerprint density at radius 3 is 1.81 bits per heavy atom. The highest BCUT2D eigenvalue weighted by Gasteiger charge is 2.29. The van der Waals surface area contributed by atoms with Gasteiger partial charge in [0, 0.05) is 5.92 Å². The van der Waals surface area contributed by atoms with Crippen LogP contribution in [0.1, 0.15) is 43.3 Å². The molecule has 0 aliphatic heterocycles. The number of benzene rings is 4. The van der Waals surface area contributed by atoms with Gasteiger partial charge < -0.3 is 14.9 Å². The van der Waals surface area contributed by atoms with Crippen molar-refractivity contribution in [1.82, 2.24) is 0 Å². The Hall–Kier alpha value is -4.38. The molecule has 0 radical (unpaired) electrons. The Labute approximate surface area is 184 Å². The highest BCUT2D eigenvalue weighted by atomic mass is 16.5. The molecule has 5 rings (SSSR count). The molecule has 0 atom stereocenters. The summed E-state index contributed by atoms with van der Waals surface area (Å²) in [6.07, 6.45) is 0. The van der Waals surface area contributed by atoms with Crippen molar-refractivity contribution in [2.75, 3.05) is 0 Å². The first-order valence-corrected chi connectivity index (χ1v) is 10.1. The Morgan fingerprint density at radius 2 is 1.25 bits per heavy atom. The van der Waals surface area contributed by atoms with Crippen molar-refractivity contribution >= 4 is 11.9 Å². The molecule has 2 N–H and O–H groups in total. The van der Waals surface area contributed by atoms with E-state index < -0.39 is 11.9 Å². The average molecular weight is 422 g/mol. The summed E-state index contributed by atoms with van der Waals surface area (Å²) in [6.45, 7) is 0. The van der Waals surface area contributed by atoms with Crippen molar-refractivity contribution in [3.8, 4) is 22.6 Å². The number of ether oxygens (including phenoxy) is 1. The van der Waals surface area contributed by atoms with Crippen LogP contribution in [0, 0.1) is 0 Å². The van der Waals surface area contributed by atoms with E-state index >= 15 is 0 Å². The lowest BCUT2D eigenvalue weighted by Crippen LogP contribution is -2.09. The molecule has 0 saturated heterocycles. The van der Waals surface area contributed by atoms with Crippen LogP contribution >= 0.6 is 0 Å². The Morgan fingerprint density at radius 1 is 0.656 bits per heavy atom. The average Bonchev–Trinajstić information content (AvgIpc) is 3.14. The molecular formula is C27H18O5. The quantitative estimate of drug-likeness (QED) is 0.361. The lowest BCUT2D eigenvalue weighted by molar-refractivity contribution is 0.0649. The maximum absolute atomic E-state index is 11.7. The first-order chi connectivity index (χ1) is 15.5. The molecule has 5 nitrogen and oxygen atoms in total. The van der Waals surface area contributed by atoms with Crippen LogP contribution in [0.15, 0.2) is 91.0 Å². The van der Waals surface area contributed by atoms with Gasteiger partial charge in [-0.05, 0) is 52.1 Å². The standard InChI is InChI=1S/C27H18O5/c28-26(29)22-10-5-11-23(25(22)27(30)31)32-17-14-12-16(13-15-17)24-20-8-3-1-6-18(20)19-7-2-4-9-21(19)24/h1-15,24H,(H,28,29)(H,30,31). The van der Waals surface area contributed by atoms with Crippen LogP contribution in [0.3, 0.4) is 0 Å². The first kappa shape index (κ1) is 19.6. The van der Waals surface area contributed by atoms with E-state index in [9.17, 15) is 19.8 Å². The van der Waals surface area contributed by atoms with Crippen LogP contribution in [0.25, 0.3) is 11.1 Å². The molecular weight excluding hydrogens is 404 g/mol. The van der Waals surface area contributed by atoms with Gasteiger partial charge in [0.2, 0.25) is 0 Å². The Bertz CT molecular complexity index is 1310. The minimum Gasteiger partial charge on any atom is -0.478 e. The lowest BCUT2D eigenvalue weighted by atomic mass is 9.89. The summed E-state index contributed by atoms with van der Waals surface area (Å²) in [5.41, 5.74) is 5.34. The predicted molar refractivity (Wildman–Crippen MR) is 120 cm³/mol. The fourth-order valence-corrected chi connectivity index (χ4v) is 4.38. The zero-order valence-electron chi connectivity index (χ0n) is 16.9. The summed E-state index contributed by atoms with van der Waals surface area (Å²) in [6, 6.07) is 28.3. The zero-order chi connectivity index (χ0) is 22.2. The first-order valence-electron chi connectivity index (χ1n) is 10.1. The molecule has 1 aliphatic rings. The van der Waals surface area contributed by atoms with E-state index in [-0.39, 0.29) is 22.8 Å². The van der Waals surface area contributed by atoms with E-state index in [0.717, 1.165) is 5.56 Å². The van der Waals surface area contributed by atoms with Crippen LogP contribution in [0.5, 0.6) is 11.5 Å². The van der Waals surface area contributed by atoms with Gasteiger partial charge in [0.1, 0.15) is 17.1 Å². The molecule has 156 valence electrons. The van der Waals surface area contributed by atoms with Gasteiger partial charge in [0.05, 0.1) is 5.56 Å². The van der Waals surface area contributed by atoms with Gasteiger partial charge in [0.15, 0.2) is 0 Å². The fraction of sp³-hybridized carbons (Fsp3) is 0.0370. The van der Waals surface area contributed by atoms with Gasteiger partial charge in [-0.25, -0.2) is 9.59 Å². The van der Waals surface area contributed by atoms with Crippen molar-refractivity contribution in [3.63, 3.8) is 0 Å².